The van der Waals surface area contributed by atoms with Crippen molar-refractivity contribution in [3.63, 3.8) is 0 Å². The van der Waals surface area contributed by atoms with Crippen LogP contribution in [0, 0.1) is 11.8 Å². The van der Waals surface area contributed by atoms with Gasteiger partial charge in [0, 0.05) is 31.6 Å². The normalized spacial score (nSPS) is 23.4. The number of rotatable bonds is 9. The Morgan fingerprint density at radius 3 is 2.54 bits per heavy atom. The highest BCUT2D eigenvalue weighted by Crippen LogP contribution is 2.35. The molecule has 0 saturated heterocycles. The maximum Gasteiger partial charge on any atom is 0.407 e. The van der Waals surface area contributed by atoms with Gasteiger partial charge in [0.05, 0.1) is 12.6 Å². The van der Waals surface area contributed by atoms with Crippen molar-refractivity contribution in [2.24, 2.45) is 11.8 Å². The topological polar surface area (TPSA) is 79.9 Å². The standard InChI is InChI=1S/C33H44FN3O4/c1-21(35-31(38)25-11-13-27(15-25)36-32(39)41-33(2,3)4)24-9-7-22(8-10-24)17-37-18-26-12-14-28(40-20-23-5-6-23)16-29(26)30(34)19-37/h7-10,12,14,16,21,23,25,27,30H,5-6,11,13,15,17-20H2,1-4H3,(H,35,38)(H,36,39)/t21-,25+,27-,30?/m0/s1. The fraction of sp³-hybridized carbons (Fsp3) is 0.576. The molecule has 3 aliphatic rings. The van der Waals surface area contributed by atoms with Crippen LogP contribution >= 0.6 is 0 Å². The quantitative estimate of drug-likeness (QED) is 0.369. The molecule has 1 aliphatic heterocycles. The van der Waals surface area contributed by atoms with Crippen LogP contribution in [0.5, 0.6) is 5.75 Å². The molecular formula is C33H44FN3O4. The van der Waals surface area contributed by atoms with E-state index in [0.717, 1.165) is 47.5 Å². The molecule has 0 spiro atoms. The zero-order valence-corrected chi connectivity index (χ0v) is 24.8. The largest absolute Gasteiger partial charge is 0.493 e. The lowest BCUT2D eigenvalue weighted by Gasteiger charge is -2.31. The second kappa shape index (κ2) is 12.4. The molecule has 2 fully saturated rings. The van der Waals surface area contributed by atoms with E-state index in [1.54, 1.807) is 0 Å². The van der Waals surface area contributed by atoms with Gasteiger partial charge in [-0.15, -0.1) is 0 Å². The van der Waals surface area contributed by atoms with Crippen LogP contribution in [0.25, 0.3) is 0 Å². The fourth-order valence-corrected chi connectivity index (χ4v) is 5.76. The van der Waals surface area contributed by atoms with E-state index in [2.05, 4.69) is 27.7 Å². The van der Waals surface area contributed by atoms with Gasteiger partial charge >= 0.3 is 6.09 Å². The number of alkyl halides is 1. The third kappa shape index (κ3) is 8.22. The third-order valence-corrected chi connectivity index (χ3v) is 8.22. The van der Waals surface area contributed by atoms with Gasteiger partial charge in [0.15, 0.2) is 0 Å². The van der Waals surface area contributed by atoms with E-state index in [4.69, 9.17) is 9.47 Å². The van der Waals surface area contributed by atoms with Gasteiger partial charge in [-0.2, -0.15) is 0 Å². The van der Waals surface area contributed by atoms with Gasteiger partial charge in [-0.25, -0.2) is 9.18 Å². The van der Waals surface area contributed by atoms with Gasteiger partial charge in [-0.1, -0.05) is 30.3 Å². The highest BCUT2D eigenvalue weighted by molar-refractivity contribution is 5.79. The molecule has 2 saturated carbocycles. The number of carbonyl (C=O) groups is 2. The van der Waals surface area contributed by atoms with E-state index in [1.807, 2.05) is 58.0 Å². The maximum absolute atomic E-state index is 15.1. The van der Waals surface area contributed by atoms with Gasteiger partial charge in [-0.3, -0.25) is 9.69 Å². The molecule has 2 aromatic carbocycles. The van der Waals surface area contributed by atoms with Gasteiger partial charge < -0.3 is 20.1 Å². The summed E-state index contributed by atoms with van der Waals surface area (Å²) in [5.74, 6) is 1.32. The van der Waals surface area contributed by atoms with E-state index < -0.39 is 17.9 Å². The smallest absolute Gasteiger partial charge is 0.407 e. The highest BCUT2D eigenvalue weighted by atomic mass is 19.1. The average Bonchev–Trinajstić information content (AvgIpc) is 3.63. The molecule has 5 rings (SSSR count). The number of nitrogens with one attached hydrogen (secondary N) is 2. The zero-order valence-electron chi connectivity index (χ0n) is 24.8. The molecule has 0 aromatic heterocycles. The number of ether oxygens (including phenoxy) is 2. The fourth-order valence-electron chi connectivity index (χ4n) is 5.76. The molecule has 0 bridgehead atoms. The number of hydrogen-bond acceptors (Lipinski definition) is 5. The number of nitrogens with zero attached hydrogens (tertiary/aromatic N) is 1. The second-order valence-electron chi connectivity index (χ2n) is 13.1. The summed E-state index contributed by atoms with van der Waals surface area (Å²) in [4.78, 5) is 27.1. The van der Waals surface area contributed by atoms with E-state index in [9.17, 15) is 9.59 Å². The number of alkyl carbamates (subject to hydrolysis) is 1. The molecule has 2 aliphatic carbocycles. The van der Waals surface area contributed by atoms with Crippen molar-refractivity contribution in [2.45, 2.75) is 96.7 Å². The van der Waals surface area contributed by atoms with Crippen molar-refractivity contribution in [3.8, 4) is 5.75 Å². The van der Waals surface area contributed by atoms with E-state index >= 15 is 4.39 Å². The zero-order chi connectivity index (χ0) is 29.1. The van der Waals surface area contributed by atoms with Crippen LogP contribution in [0.2, 0.25) is 0 Å². The van der Waals surface area contributed by atoms with Crippen LogP contribution in [0.4, 0.5) is 9.18 Å². The Labute approximate surface area is 243 Å². The first-order chi connectivity index (χ1) is 19.5. The minimum absolute atomic E-state index is 0.0112. The maximum atomic E-state index is 15.1. The van der Waals surface area contributed by atoms with Crippen LogP contribution < -0.4 is 15.4 Å². The summed E-state index contributed by atoms with van der Waals surface area (Å²) in [6.07, 6.45) is 3.11. The first kappa shape index (κ1) is 29.4. The van der Waals surface area contributed by atoms with Gasteiger partial charge in [0.1, 0.15) is 17.5 Å². The predicted octanol–water partition coefficient (Wildman–Crippen LogP) is 6.37. The van der Waals surface area contributed by atoms with E-state index in [1.165, 1.54) is 12.8 Å². The molecule has 2 N–H and O–H groups in total. The Balaban J connectivity index is 1.08. The Kier molecular flexibility index (Phi) is 8.88. The number of hydrogen-bond donors (Lipinski definition) is 2. The minimum Gasteiger partial charge on any atom is -0.493 e. The number of halogens is 1. The van der Waals surface area contributed by atoms with Crippen molar-refractivity contribution in [2.75, 3.05) is 13.2 Å². The number of amides is 2. The molecule has 41 heavy (non-hydrogen) atoms. The summed E-state index contributed by atoms with van der Waals surface area (Å²) in [6.45, 7) is 9.94. The number of carbonyl (C=O) groups excluding carboxylic acids is 2. The third-order valence-electron chi connectivity index (χ3n) is 8.22. The molecule has 8 heteroatoms. The summed E-state index contributed by atoms with van der Waals surface area (Å²) in [5.41, 5.74) is 3.36. The first-order valence-corrected chi connectivity index (χ1v) is 15.0. The van der Waals surface area contributed by atoms with Gasteiger partial charge in [0.25, 0.3) is 0 Å². The molecule has 0 radical (unpaired) electrons. The van der Waals surface area contributed by atoms with Crippen molar-refractivity contribution in [1.29, 1.82) is 0 Å². The van der Waals surface area contributed by atoms with Crippen molar-refractivity contribution in [1.82, 2.24) is 15.5 Å². The molecule has 7 nitrogen and oxygen atoms in total. The van der Waals surface area contributed by atoms with Crippen LogP contribution in [-0.4, -0.2) is 41.7 Å². The molecule has 2 amide bonds. The SMILES string of the molecule is C[C@H](NC(=O)[C@@H]1CC[C@H](NC(=O)OC(C)(C)C)C1)c1ccc(CN2Cc3ccc(OCC4CC4)cc3C(F)C2)cc1. The molecule has 2 aromatic rings. The van der Waals surface area contributed by atoms with Gasteiger partial charge in [0.2, 0.25) is 5.91 Å². The molecule has 1 unspecified atom stereocenters. The Morgan fingerprint density at radius 2 is 1.83 bits per heavy atom. The van der Waals surface area contributed by atoms with E-state index in [0.29, 0.717) is 32.0 Å². The van der Waals surface area contributed by atoms with Crippen LogP contribution in [0.3, 0.4) is 0 Å². The van der Waals surface area contributed by atoms with Crippen LogP contribution in [0.15, 0.2) is 42.5 Å². The van der Waals surface area contributed by atoms with Crippen molar-refractivity contribution < 1.29 is 23.5 Å². The summed E-state index contributed by atoms with van der Waals surface area (Å²) in [6, 6.07) is 13.9. The second-order valence-corrected chi connectivity index (χ2v) is 13.1. The Bertz CT molecular complexity index is 1220. The summed E-state index contributed by atoms with van der Waals surface area (Å²) in [5, 5.41) is 6.03. The average molecular weight is 566 g/mol. The highest BCUT2D eigenvalue weighted by Gasteiger charge is 2.32. The lowest BCUT2D eigenvalue weighted by molar-refractivity contribution is -0.125. The summed E-state index contributed by atoms with van der Waals surface area (Å²) < 4.78 is 26.3. The van der Waals surface area contributed by atoms with Crippen LogP contribution in [0.1, 0.15) is 94.3 Å². The molecule has 4 atom stereocenters. The molecular weight excluding hydrogens is 521 g/mol. The van der Waals surface area contributed by atoms with Crippen LogP contribution in [-0.2, 0) is 22.6 Å². The lowest BCUT2D eigenvalue weighted by atomic mass is 9.97. The minimum atomic E-state index is -1.03. The number of fused-ring (bicyclic) bond motifs is 1. The van der Waals surface area contributed by atoms with Gasteiger partial charge in [-0.05, 0) is 100 Å². The van der Waals surface area contributed by atoms with E-state index in [-0.39, 0.29) is 23.9 Å². The Hall–Kier alpha value is -3.13. The lowest BCUT2D eigenvalue weighted by Crippen LogP contribution is -2.38. The monoisotopic (exact) mass is 565 g/mol. The Morgan fingerprint density at radius 1 is 1.07 bits per heavy atom. The summed E-state index contributed by atoms with van der Waals surface area (Å²) in [7, 11) is 0. The molecule has 1 heterocycles. The first-order valence-electron chi connectivity index (χ1n) is 15.0. The number of benzene rings is 2. The van der Waals surface area contributed by atoms with Crippen molar-refractivity contribution >= 4 is 12.0 Å². The predicted molar refractivity (Wildman–Crippen MR) is 156 cm³/mol. The molecule has 222 valence electrons. The summed E-state index contributed by atoms with van der Waals surface area (Å²) >= 11 is 0. The van der Waals surface area contributed by atoms with Crippen molar-refractivity contribution in [3.05, 3.63) is 64.7 Å².